The first-order valence-corrected chi connectivity index (χ1v) is 12.2. The summed E-state index contributed by atoms with van der Waals surface area (Å²) in [7, 11) is 0. The molecule has 2 atom stereocenters. The van der Waals surface area contributed by atoms with Crippen molar-refractivity contribution < 1.29 is 14.6 Å². The molecule has 0 radical (unpaired) electrons. The zero-order chi connectivity index (χ0) is 25.8. The second-order valence-corrected chi connectivity index (χ2v) is 8.89. The summed E-state index contributed by atoms with van der Waals surface area (Å²) in [5.74, 6) is 0.732. The normalized spacial score (nSPS) is 17.2. The van der Waals surface area contributed by atoms with E-state index in [4.69, 9.17) is 16.2 Å². The van der Waals surface area contributed by atoms with Gasteiger partial charge in [0.05, 0.1) is 12.7 Å². The summed E-state index contributed by atoms with van der Waals surface area (Å²) in [6, 6.07) is 15.6. The summed E-state index contributed by atoms with van der Waals surface area (Å²) in [4.78, 5) is 25.4. The van der Waals surface area contributed by atoms with Crippen LogP contribution in [0.2, 0.25) is 0 Å². The van der Waals surface area contributed by atoms with Crippen LogP contribution in [0.1, 0.15) is 35.0 Å². The lowest BCUT2D eigenvalue weighted by molar-refractivity contribution is -0.0197. The molecular formula is C26H30N8O3. The number of nitrogens with zero attached hydrogens (tertiary/aromatic N) is 4. The first-order chi connectivity index (χ1) is 18.1. The molecule has 11 heteroatoms. The number of amides is 1. The van der Waals surface area contributed by atoms with Crippen LogP contribution in [0.5, 0.6) is 0 Å². The van der Waals surface area contributed by atoms with Gasteiger partial charge in [0.1, 0.15) is 12.6 Å². The van der Waals surface area contributed by atoms with E-state index in [2.05, 4.69) is 25.6 Å². The summed E-state index contributed by atoms with van der Waals surface area (Å²) < 4.78 is 7.89. The summed E-state index contributed by atoms with van der Waals surface area (Å²) in [5, 5.41) is 15.7. The Morgan fingerprint density at radius 3 is 2.73 bits per heavy atom. The number of carbonyl (C=O) groups excluding carboxylic acids is 1. The Hall–Kier alpha value is -4.06. The van der Waals surface area contributed by atoms with Crippen LogP contribution in [-0.4, -0.2) is 56.3 Å². The molecule has 0 bridgehead atoms. The third-order valence-electron chi connectivity index (χ3n) is 6.37. The van der Waals surface area contributed by atoms with Gasteiger partial charge in [0, 0.05) is 25.2 Å². The van der Waals surface area contributed by atoms with Gasteiger partial charge in [-0.05, 0) is 41.7 Å². The molecule has 192 valence electrons. The van der Waals surface area contributed by atoms with E-state index in [1.165, 1.54) is 6.33 Å². The quantitative estimate of drug-likeness (QED) is 0.230. The number of carbonyl (C=O) groups is 1. The van der Waals surface area contributed by atoms with Crippen LogP contribution in [0.4, 0.5) is 11.8 Å². The number of aromatic nitrogens is 4. The second-order valence-electron chi connectivity index (χ2n) is 8.89. The fraction of sp³-hybridized carbons (Fsp3) is 0.308. The molecular weight excluding hydrogens is 472 g/mol. The zero-order valence-corrected chi connectivity index (χ0v) is 20.3. The number of anilines is 2. The van der Waals surface area contributed by atoms with Crippen LogP contribution in [0.25, 0.3) is 22.3 Å². The van der Waals surface area contributed by atoms with Crippen LogP contribution < -0.4 is 22.1 Å². The van der Waals surface area contributed by atoms with E-state index < -0.39 is 0 Å². The molecule has 0 unspecified atom stereocenters. The van der Waals surface area contributed by atoms with E-state index >= 15 is 0 Å². The number of nitrogens with one attached hydrogen (secondary N) is 2. The highest BCUT2D eigenvalue weighted by atomic mass is 16.5. The molecule has 37 heavy (non-hydrogen) atoms. The van der Waals surface area contributed by atoms with Crippen LogP contribution in [-0.2, 0) is 11.3 Å². The highest BCUT2D eigenvalue weighted by Crippen LogP contribution is 2.34. The van der Waals surface area contributed by atoms with E-state index in [1.54, 1.807) is 6.07 Å². The molecule has 0 aliphatic carbocycles. The minimum Gasteiger partial charge on any atom is -0.394 e. The van der Waals surface area contributed by atoms with Crippen molar-refractivity contribution in [2.24, 2.45) is 5.73 Å². The van der Waals surface area contributed by atoms with Gasteiger partial charge in [-0.15, -0.1) is 0 Å². The predicted molar refractivity (Wildman–Crippen MR) is 141 cm³/mol. The van der Waals surface area contributed by atoms with Gasteiger partial charge >= 0.3 is 0 Å². The van der Waals surface area contributed by atoms with Crippen molar-refractivity contribution >= 4 is 28.8 Å². The first kappa shape index (κ1) is 24.6. The lowest BCUT2D eigenvalue weighted by Crippen LogP contribution is -2.28. The van der Waals surface area contributed by atoms with Gasteiger partial charge < -0.3 is 31.9 Å². The topological polar surface area (TPSA) is 166 Å². The highest BCUT2D eigenvalue weighted by Gasteiger charge is 2.30. The zero-order valence-electron chi connectivity index (χ0n) is 20.3. The Morgan fingerprint density at radius 2 is 1.97 bits per heavy atom. The molecule has 0 saturated carbocycles. The lowest BCUT2D eigenvalue weighted by Gasteiger charge is -2.17. The van der Waals surface area contributed by atoms with Crippen molar-refractivity contribution in [3.05, 3.63) is 66.0 Å². The number of rotatable bonds is 9. The standard InChI is InChI=1S/C26H30N8O3/c27-10-11-29-25(36)19-3-1-2-18(12-19)17-6-4-16(5-7-17)13-30-26-33-22-23(28)31-15-32-24(22)34(26)21-9-8-20(14-35)37-21/h1-7,12,15,20-21,35H,8-11,13-14,27H2,(H,29,36)(H,30,33)(H2,28,31,32)/t20-,21+/m0/s1. The summed E-state index contributed by atoms with van der Waals surface area (Å²) >= 11 is 0. The number of ether oxygens (including phenoxy) is 1. The van der Waals surface area contributed by atoms with Gasteiger partial charge in [-0.1, -0.05) is 36.4 Å². The monoisotopic (exact) mass is 502 g/mol. The number of nitrogens with two attached hydrogens (primary N) is 2. The number of fused-ring (bicyclic) bond motifs is 1. The van der Waals surface area contributed by atoms with E-state index in [0.717, 1.165) is 29.5 Å². The number of imidazole rings is 1. The molecule has 1 amide bonds. The van der Waals surface area contributed by atoms with Gasteiger partial charge in [0.25, 0.3) is 5.91 Å². The van der Waals surface area contributed by atoms with E-state index in [0.29, 0.717) is 48.1 Å². The molecule has 5 rings (SSSR count). The molecule has 1 fully saturated rings. The summed E-state index contributed by atoms with van der Waals surface area (Å²) in [6.07, 6.45) is 2.36. The average Bonchev–Trinajstić information content (AvgIpc) is 3.56. The molecule has 3 heterocycles. The minimum absolute atomic E-state index is 0.0311. The predicted octanol–water partition coefficient (Wildman–Crippen LogP) is 2.05. The Balaban J connectivity index is 1.33. The van der Waals surface area contributed by atoms with Crippen LogP contribution in [0, 0.1) is 0 Å². The molecule has 1 aliphatic rings. The smallest absolute Gasteiger partial charge is 0.251 e. The van der Waals surface area contributed by atoms with E-state index in [-0.39, 0.29) is 24.8 Å². The van der Waals surface area contributed by atoms with Crippen molar-refractivity contribution in [3.8, 4) is 11.1 Å². The molecule has 2 aromatic carbocycles. The van der Waals surface area contributed by atoms with Gasteiger partial charge in [0.2, 0.25) is 5.95 Å². The largest absolute Gasteiger partial charge is 0.394 e. The van der Waals surface area contributed by atoms with Crippen LogP contribution >= 0.6 is 0 Å². The van der Waals surface area contributed by atoms with Crippen LogP contribution in [0.3, 0.4) is 0 Å². The van der Waals surface area contributed by atoms with Gasteiger partial charge in [-0.25, -0.2) is 15.0 Å². The molecule has 0 spiro atoms. The summed E-state index contributed by atoms with van der Waals surface area (Å²) in [6.45, 7) is 1.31. The van der Waals surface area contributed by atoms with Crippen molar-refractivity contribution in [1.82, 2.24) is 24.8 Å². The molecule has 1 aliphatic heterocycles. The molecule has 7 N–H and O–H groups in total. The van der Waals surface area contributed by atoms with E-state index in [1.807, 2.05) is 47.0 Å². The highest BCUT2D eigenvalue weighted by molar-refractivity contribution is 5.95. The third-order valence-corrected chi connectivity index (χ3v) is 6.37. The van der Waals surface area contributed by atoms with E-state index in [9.17, 15) is 9.90 Å². The Labute approximate surface area is 213 Å². The number of nitrogen functional groups attached to an aromatic ring is 1. The molecule has 4 aromatic rings. The number of benzene rings is 2. The minimum atomic E-state index is -0.310. The second kappa shape index (κ2) is 10.9. The maximum absolute atomic E-state index is 12.3. The van der Waals surface area contributed by atoms with Gasteiger partial charge in [-0.2, -0.15) is 0 Å². The molecule has 2 aromatic heterocycles. The first-order valence-electron chi connectivity index (χ1n) is 12.2. The average molecular weight is 503 g/mol. The number of aliphatic hydroxyl groups is 1. The molecule has 1 saturated heterocycles. The lowest BCUT2D eigenvalue weighted by atomic mass is 10.0. The number of hydrogen-bond donors (Lipinski definition) is 5. The number of hydrogen-bond acceptors (Lipinski definition) is 9. The fourth-order valence-electron chi connectivity index (χ4n) is 4.46. The Bertz CT molecular complexity index is 1390. The maximum Gasteiger partial charge on any atom is 0.251 e. The maximum atomic E-state index is 12.3. The van der Waals surface area contributed by atoms with Crippen molar-refractivity contribution in [1.29, 1.82) is 0 Å². The van der Waals surface area contributed by atoms with Crippen molar-refractivity contribution in [2.75, 3.05) is 30.7 Å². The molecule has 11 nitrogen and oxygen atoms in total. The Kier molecular flexibility index (Phi) is 7.26. The van der Waals surface area contributed by atoms with Crippen molar-refractivity contribution in [2.45, 2.75) is 31.7 Å². The SMILES string of the molecule is NCCNC(=O)c1cccc(-c2ccc(CNc3nc4c(N)ncnc4n3[C@H]3CC[C@@H](CO)O3)cc2)c1. The fourth-order valence-corrected chi connectivity index (χ4v) is 4.46. The van der Waals surface area contributed by atoms with Crippen LogP contribution in [0.15, 0.2) is 54.9 Å². The van der Waals surface area contributed by atoms with Crippen molar-refractivity contribution in [3.63, 3.8) is 0 Å². The third kappa shape index (κ3) is 5.24. The van der Waals surface area contributed by atoms with Gasteiger partial charge in [0.15, 0.2) is 17.0 Å². The van der Waals surface area contributed by atoms with Gasteiger partial charge in [-0.3, -0.25) is 9.36 Å². The number of aliphatic hydroxyl groups excluding tert-OH is 1. The Morgan fingerprint density at radius 1 is 1.14 bits per heavy atom. The summed E-state index contributed by atoms with van der Waals surface area (Å²) in [5.41, 5.74) is 16.2.